The maximum atomic E-state index is 12.0. The molecule has 0 aliphatic rings. The van der Waals surface area contributed by atoms with Gasteiger partial charge in [0.2, 0.25) is 5.91 Å². The maximum absolute atomic E-state index is 12.0. The number of hydrogen-bond acceptors (Lipinski definition) is 3. The van der Waals surface area contributed by atoms with Crippen LogP contribution in [0.15, 0.2) is 12.2 Å². The molecule has 19 heavy (non-hydrogen) atoms. The van der Waals surface area contributed by atoms with Gasteiger partial charge in [0.05, 0.1) is 12.1 Å². The molecule has 0 aliphatic carbocycles. The minimum absolute atomic E-state index is 0.107. The first-order chi connectivity index (χ1) is 8.84. The average Bonchev–Trinajstić information content (AvgIpc) is 2.34. The van der Waals surface area contributed by atoms with Crippen molar-refractivity contribution in [3.8, 4) is 0 Å². The average molecular weight is 270 g/mol. The summed E-state index contributed by atoms with van der Waals surface area (Å²) >= 11 is 0. The van der Waals surface area contributed by atoms with Gasteiger partial charge in [-0.2, -0.15) is 0 Å². The molecule has 110 valence electrons. The molecule has 2 unspecified atom stereocenters. The third-order valence-electron chi connectivity index (χ3n) is 3.16. The molecular weight excluding hydrogens is 244 g/mol. The Morgan fingerprint density at radius 1 is 1.32 bits per heavy atom. The van der Waals surface area contributed by atoms with Crippen LogP contribution in [-0.4, -0.2) is 42.1 Å². The van der Waals surface area contributed by atoms with Gasteiger partial charge in [0.15, 0.2) is 0 Å². The van der Waals surface area contributed by atoms with Crippen molar-refractivity contribution >= 4 is 11.9 Å². The molecule has 2 N–H and O–H groups in total. The Kier molecular flexibility index (Phi) is 8.07. The fourth-order valence-electron chi connectivity index (χ4n) is 1.85. The summed E-state index contributed by atoms with van der Waals surface area (Å²) in [5.41, 5.74) is 0.140. The molecule has 0 bridgehead atoms. The lowest BCUT2D eigenvalue weighted by Gasteiger charge is -2.25. The summed E-state index contributed by atoms with van der Waals surface area (Å²) in [6, 6.07) is 0. The Morgan fingerprint density at radius 2 is 1.89 bits per heavy atom. The summed E-state index contributed by atoms with van der Waals surface area (Å²) in [6.07, 6.45) is 2.77. The van der Waals surface area contributed by atoms with E-state index in [1.165, 1.54) is 0 Å². The number of unbranched alkanes of at least 4 members (excludes halogenated alkanes) is 1. The zero-order valence-corrected chi connectivity index (χ0v) is 12.4. The number of rotatable bonds is 9. The molecule has 5 heteroatoms. The minimum atomic E-state index is -0.980. The first kappa shape index (κ1) is 17.6. The van der Waals surface area contributed by atoms with E-state index < -0.39 is 11.9 Å². The molecule has 0 fully saturated rings. The van der Waals surface area contributed by atoms with Gasteiger partial charge in [0.25, 0.3) is 0 Å². The van der Waals surface area contributed by atoms with Crippen LogP contribution in [-0.2, 0) is 9.59 Å². The van der Waals surface area contributed by atoms with Crippen LogP contribution in [0.4, 0.5) is 0 Å². The second kappa shape index (κ2) is 8.69. The molecule has 0 aliphatic heterocycles. The lowest BCUT2D eigenvalue weighted by molar-refractivity contribution is -0.141. The summed E-state index contributed by atoms with van der Waals surface area (Å²) in [4.78, 5) is 25.1. The molecular formula is C14H26N2O3. The van der Waals surface area contributed by atoms with E-state index in [0.29, 0.717) is 6.42 Å². The topological polar surface area (TPSA) is 69.6 Å². The van der Waals surface area contributed by atoms with Crippen molar-refractivity contribution in [2.24, 2.45) is 5.92 Å². The number of hydrogen-bond donors (Lipinski definition) is 2. The second-order valence-electron chi connectivity index (χ2n) is 4.92. The lowest BCUT2D eigenvalue weighted by Crippen LogP contribution is -2.45. The summed E-state index contributed by atoms with van der Waals surface area (Å²) in [5, 5.41) is 12.0. The van der Waals surface area contributed by atoms with Crippen LogP contribution in [0.25, 0.3) is 0 Å². The smallest absolute Gasteiger partial charge is 0.311 e. The third-order valence-corrected chi connectivity index (χ3v) is 3.16. The molecule has 0 heterocycles. The monoisotopic (exact) mass is 270 g/mol. The molecule has 0 radical (unpaired) electrons. The number of aliphatic carboxylic acids is 1. The first-order valence-corrected chi connectivity index (χ1v) is 6.73. The van der Waals surface area contributed by atoms with Crippen LogP contribution in [0, 0.1) is 5.92 Å². The molecule has 2 atom stereocenters. The SMILES string of the molecule is C=C(C(=O)NC(CC)N(C)C)C(CCCC)C(=O)O. The summed E-state index contributed by atoms with van der Waals surface area (Å²) in [7, 11) is 3.73. The molecule has 0 rings (SSSR count). The highest BCUT2D eigenvalue weighted by atomic mass is 16.4. The van der Waals surface area contributed by atoms with Crippen LogP contribution >= 0.6 is 0 Å². The van der Waals surface area contributed by atoms with Crippen molar-refractivity contribution < 1.29 is 14.7 Å². The van der Waals surface area contributed by atoms with E-state index in [1.807, 2.05) is 32.8 Å². The quantitative estimate of drug-likeness (QED) is 0.495. The van der Waals surface area contributed by atoms with E-state index in [0.717, 1.165) is 19.3 Å². The van der Waals surface area contributed by atoms with Crippen molar-refractivity contribution in [1.82, 2.24) is 10.2 Å². The van der Waals surface area contributed by atoms with Crippen molar-refractivity contribution in [3.05, 3.63) is 12.2 Å². The summed E-state index contributed by atoms with van der Waals surface area (Å²) < 4.78 is 0. The molecule has 0 aromatic rings. The van der Waals surface area contributed by atoms with Crippen molar-refractivity contribution in [3.63, 3.8) is 0 Å². The van der Waals surface area contributed by atoms with Gasteiger partial charge in [0.1, 0.15) is 0 Å². The first-order valence-electron chi connectivity index (χ1n) is 6.73. The van der Waals surface area contributed by atoms with Gasteiger partial charge in [-0.25, -0.2) is 0 Å². The van der Waals surface area contributed by atoms with Crippen molar-refractivity contribution in [1.29, 1.82) is 0 Å². The van der Waals surface area contributed by atoms with Gasteiger partial charge in [-0.3, -0.25) is 14.5 Å². The Balaban J connectivity index is 4.67. The van der Waals surface area contributed by atoms with E-state index in [-0.39, 0.29) is 17.6 Å². The zero-order chi connectivity index (χ0) is 15.0. The Labute approximate surface area is 115 Å². The largest absolute Gasteiger partial charge is 0.481 e. The minimum Gasteiger partial charge on any atom is -0.481 e. The molecule has 0 saturated heterocycles. The van der Waals surface area contributed by atoms with Gasteiger partial charge in [-0.1, -0.05) is 33.3 Å². The maximum Gasteiger partial charge on any atom is 0.311 e. The Hall–Kier alpha value is -1.36. The molecule has 5 nitrogen and oxygen atoms in total. The number of amides is 1. The molecule has 0 saturated carbocycles. The van der Waals surface area contributed by atoms with Crippen LogP contribution < -0.4 is 5.32 Å². The number of carboxylic acid groups (broad SMARTS) is 1. The van der Waals surface area contributed by atoms with E-state index in [2.05, 4.69) is 11.9 Å². The van der Waals surface area contributed by atoms with E-state index >= 15 is 0 Å². The van der Waals surface area contributed by atoms with Crippen LogP contribution in [0.2, 0.25) is 0 Å². The Bertz CT molecular complexity index is 327. The number of carboxylic acids is 1. The summed E-state index contributed by atoms with van der Waals surface area (Å²) in [6.45, 7) is 7.61. The number of carbonyl (C=O) groups is 2. The van der Waals surface area contributed by atoms with E-state index in [1.54, 1.807) is 0 Å². The molecule has 0 aromatic carbocycles. The van der Waals surface area contributed by atoms with Crippen LogP contribution in [0.1, 0.15) is 39.5 Å². The number of carbonyl (C=O) groups excluding carboxylic acids is 1. The third kappa shape index (κ3) is 5.87. The fourth-order valence-corrected chi connectivity index (χ4v) is 1.85. The lowest BCUT2D eigenvalue weighted by atomic mass is 9.94. The van der Waals surface area contributed by atoms with Crippen molar-refractivity contribution in [2.45, 2.75) is 45.7 Å². The van der Waals surface area contributed by atoms with Gasteiger partial charge in [-0.15, -0.1) is 0 Å². The predicted molar refractivity (Wildman–Crippen MR) is 75.7 cm³/mol. The van der Waals surface area contributed by atoms with Gasteiger partial charge in [0, 0.05) is 5.57 Å². The van der Waals surface area contributed by atoms with Crippen LogP contribution in [0.5, 0.6) is 0 Å². The normalized spacial score (nSPS) is 13.9. The standard InChI is InChI=1S/C14H26N2O3/c1-6-8-9-11(14(18)19)10(3)13(17)15-12(7-2)16(4)5/h11-12H,3,6-9H2,1-2,4-5H3,(H,15,17)(H,18,19). The highest BCUT2D eigenvalue weighted by Crippen LogP contribution is 2.18. The van der Waals surface area contributed by atoms with Gasteiger partial charge >= 0.3 is 5.97 Å². The Morgan fingerprint density at radius 3 is 2.26 bits per heavy atom. The highest BCUT2D eigenvalue weighted by molar-refractivity contribution is 5.98. The second-order valence-corrected chi connectivity index (χ2v) is 4.92. The van der Waals surface area contributed by atoms with Gasteiger partial charge in [-0.05, 0) is 26.9 Å². The van der Waals surface area contributed by atoms with E-state index in [4.69, 9.17) is 5.11 Å². The predicted octanol–water partition coefficient (Wildman–Crippen LogP) is 1.85. The molecule has 0 spiro atoms. The molecule has 1 amide bonds. The highest BCUT2D eigenvalue weighted by Gasteiger charge is 2.26. The fraction of sp³-hybridized carbons (Fsp3) is 0.714. The summed E-state index contributed by atoms with van der Waals surface area (Å²) in [5.74, 6) is -2.14. The van der Waals surface area contributed by atoms with Gasteiger partial charge < -0.3 is 10.4 Å². The zero-order valence-electron chi connectivity index (χ0n) is 12.4. The van der Waals surface area contributed by atoms with E-state index in [9.17, 15) is 9.59 Å². The number of nitrogens with one attached hydrogen (secondary N) is 1. The van der Waals surface area contributed by atoms with Crippen molar-refractivity contribution in [2.75, 3.05) is 14.1 Å². The number of nitrogens with zero attached hydrogens (tertiary/aromatic N) is 1. The van der Waals surface area contributed by atoms with Crippen LogP contribution in [0.3, 0.4) is 0 Å². The molecule has 0 aromatic heterocycles.